The Kier molecular flexibility index (Phi) is 6.90. The maximum absolute atomic E-state index is 12.6. The van der Waals surface area contributed by atoms with Crippen molar-refractivity contribution in [2.75, 3.05) is 18.5 Å². The van der Waals surface area contributed by atoms with Crippen molar-refractivity contribution in [1.29, 1.82) is 0 Å². The third kappa shape index (κ3) is 5.58. The van der Waals surface area contributed by atoms with Crippen LogP contribution in [0.15, 0.2) is 59.5 Å². The van der Waals surface area contributed by atoms with Crippen molar-refractivity contribution in [1.82, 2.24) is 5.32 Å². The molecule has 0 aliphatic carbocycles. The molecular formula is C21H24N2O3S. The van der Waals surface area contributed by atoms with Gasteiger partial charge in [-0.05, 0) is 44.0 Å². The summed E-state index contributed by atoms with van der Waals surface area (Å²) in [5.74, 6) is -0.340. The van der Waals surface area contributed by atoms with Gasteiger partial charge in [0.1, 0.15) is 0 Å². The molecule has 2 aromatic rings. The number of amides is 2. The van der Waals surface area contributed by atoms with Gasteiger partial charge in [-0.25, -0.2) is 0 Å². The lowest BCUT2D eigenvalue weighted by atomic mass is 10.1. The van der Waals surface area contributed by atoms with E-state index in [4.69, 9.17) is 4.74 Å². The number of carbonyl (C=O) groups is 2. The van der Waals surface area contributed by atoms with E-state index >= 15 is 0 Å². The highest BCUT2D eigenvalue weighted by Crippen LogP contribution is 2.24. The first-order chi connectivity index (χ1) is 13.1. The average molecular weight is 385 g/mol. The smallest absolute Gasteiger partial charge is 0.253 e. The minimum Gasteiger partial charge on any atom is -0.376 e. The SMILES string of the molecule is C[C@H](Sc1ccccc1)C(=O)Nc1ccccc1C(=O)NC[C@@H]1CCCO1. The fraction of sp³-hybridized carbons (Fsp3) is 0.333. The van der Waals surface area contributed by atoms with E-state index in [1.54, 1.807) is 18.2 Å². The number of rotatable bonds is 7. The summed E-state index contributed by atoms with van der Waals surface area (Å²) in [6.07, 6.45) is 2.08. The summed E-state index contributed by atoms with van der Waals surface area (Å²) in [5.41, 5.74) is 0.980. The molecule has 1 aliphatic rings. The molecule has 27 heavy (non-hydrogen) atoms. The molecule has 0 unspecified atom stereocenters. The van der Waals surface area contributed by atoms with Crippen LogP contribution in [0.1, 0.15) is 30.1 Å². The molecule has 1 fully saturated rings. The van der Waals surface area contributed by atoms with E-state index in [1.807, 2.05) is 43.3 Å². The molecule has 2 N–H and O–H groups in total. The molecule has 5 nitrogen and oxygen atoms in total. The monoisotopic (exact) mass is 384 g/mol. The summed E-state index contributed by atoms with van der Waals surface area (Å²) in [4.78, 5) is 26.1. The predicted octanol–water partition coefficient (Wildman–Crippen LogP) is 3.71. The first-order valence-electron chi connectivity index (χ1n) is 9.15. The van der Waals surface area contributed by atoms with Crippen molar-refractivity contribution >= 4 is 29.3 Å². The quantitative estimate of drug-likeness (QED) is 0.714. The first kappa shape index (κ1) is 19.5. The molecule has 2 atom stereocenters. The molecule has 1 saturated heterocycles. The Morgan fingerprint density at radius 3 is 2.63 bits per heavy atom. The Hall–Kier alpha value is -2.31. The lowest BCUT2D eigenvalue weighted by Gasteiger charge is -2.16. The number of hydrogen-bond acceptors (Lipinski definition) is 4. The second kappa shape index (κ2) is 9.58. The summed E-state index contributed by atoms with van der Waals surface area (Å²) in [7, 11) is 0. The second-order valence-corrected chi connectivity index (χ2v) is 7.87. The summed E-state index contributed by atoms with van der Waals surface area (Å²) in [5, 5.41) is 5.51. The number of benzene rings is 2. The van der Waals surface area contributed by atoms with Gasteiger partial charge in [-0.3, -0.25) is 9.59 Å². The third-order valence-corrected chi connectivity index (χ3v) is 5.48. The molecule has 1 heterocycles. The zero-order valence-corrected chi connectivity index (χ0v) is 16.1. The summed E-state index contributed by atoms with van der Waals surface area (Å²) in [6, 6.07) is 16.8. The normalized spacial score (nSPS) is 17.3. The van der Waals surface area contributed by atoms with E-state index < -0.39 is 0 Å². The van der Waals surface area contributed by atoms with Gasteiger partial charge in [0.2, 0.25) is 5.91 Å². The lowest BCUT2D eigenvalue weighted by molar-refractivity contribution is -0.115. The Bertz CT molecular complexity index is 776. The van der Waals surface area contributed by atoms with Crippen molar-refractivity contribution in [3.8, 4) is 0 Å². The van der Waals surface area contributed by atoms with Crippen LogP contribution in [0.25, 0.3) is 0 Å². The number of ether oxygens (including phenoxy) is 1. The minimum absolute atomic E-state index is 0.0815. The highest BCUT2D eigenvalue weighted by atomic mass is 32.2. The molecule has 0 aromatic heterocycles. The number of hydrogen-bond donors (Lipinski definition) is 2. The van der Waals surface area contributed by atoms with Crippen molar-refractivity contribution < 1.29 is 14.3 Å². The highest BCUT2D eigenvalue weighted by Gasteiger charge is 2.20. The maximum atomic E-state index is 12.6. The van der Waals surface area contributed by atoms with Gasteiger partial charge >= 0.3 is 0 Å². The zero-order chi connectivity index (χ0) is 19.1. The van der Waals surface area contributed by atoms with Crippen LogP contribution < -0.4 is 10.6 Å². The van der Waals surface area contributed by atoms with E-state index in [-0.39, 0.29) is 23.2 Å². The van der Waals surface area contributed by atoms with Crippen LogP contribution >= 0.6 is 11.8 Å². The maximum Gasteiger partial charge on any atom is 0.253 e. The Morgan fingerprint density at radius 1 is 1.15 bits per heavy atom. The molecule has 6 heteroatoms. The Balaban J connectivity index is 1.60. The van der Waals surface area contributed by atoms with Gasteiger partial charge in [0.15, 0.2) is 0 Å². The van der Waals surface area contributed by atoms with Crippen molar-refractivity contribution in [2.24, 2.45) is 0 Å². The van der Waals surface area contributed by atoms with Crippen molar-refractivity contribution in [2.45, 2.75) is 36.0 Å². The number of nitrogens with one attached hydrogen (secondary N) is 2. The zero-order valence-electron chi connectivity index (χ0n) is 15.3. The van der Waals surface area contributed by atoms with Gasteiger partial charge in [0.05, 0.1) is 22.6 Å². The van der Waals surface area contributed by atoms with Crippen molar-refractivity contribution in [3.63, 3.8) is 0 Å². The molecule has 0 saturated carbocycles. The molecule has 0 spiro atoms. The van der Waals surface area contributed by atoms with Crippen LogP contribution in [0.2, 0.25) is 0 Å². The Morgan fingerprint density at radius 2 is 1.89 bits per heavy atom. The summed E-state index contributed by atoms with van der Waals surface area (Å²) in [6.45, 7) is 3.10. The second-order valence-electron chi connectivity index (χ2n) is 6.45. The van der Waals surface area contributed by atoms with E-state index in [9.17, 15) is 9.59 Å². The van der Waals surface area contributed by atoms with Crippen LogP contribution in [-0.4, -0.2) is 36.3 Å². The molecule has 2 aromatic carbocycles. The minimum atomic E-state index is -0.282. The average Bonchev–Trinajstić information content (AvgIpc) is 3.21. The van der Waals surface area contributed by atoms with E-state index in [0.29, 0.717) is 17.8 Å². The predicted molar refractivity (Wildman–Crippen MR) is 108 cm³/mol. The van der Waals surface area contributed by atoms with Crippen LogP contribution in [0.5, 0.6) is 0 Å². The van der Waals surface area contributed by atoms with Gasteiger partial charge in [-0.15, -0.1) is 11.8 Å². The molecule has 3 rings (SSSR count). The van der Waals surface area contributed by atoms with E-state index in [1.165, 1.54) is 11.8 Å². The van der Waals surface area contributed by atoms with E-state index in [0.717, 1.165) is 24.3 Å². The van der Waals surface area contributed by atoms with Gasteiger partial charge < -0.3 is 15.4 Å². The van der Waals surface area contributed by atoms with Gasteiger partial charge in [0, 0.05) is 18.0 Å². The first-order valence-corrected chi connectivity index (χ1v) is 10.0. The molecule has 142 valence electrons. The van der Waals surface area contributed by atoms with Crippen molar-refractivity contribution in [3.05, 3.63) is 60.2 Å². The standard InChI is InChI=1S/C21H24N2O3S/c1-15(27-17-9-3-2-4-10-17)20(24)23-19-12-6-5-11-18(19)21(25)22-14-16-8-7-13-26-16/h2-6,9-12,15-16H,7-8,13-14H2,1H3,(H,22,25)(H,23,24)/t15-,16-/m0/s1. The molecule has 1 aliphatic heterocycles. The Labute approximate surface area is 163 Å². The summed E-state index contributed by atoms with van der Waals surface area (Å²) < 4.78 is 5.53. The highest BCUT2D eigenvalue weighted by molar-refractivity contribution is 8.00. The molecule has 2 amide bonds. The number of anilines is 1. The van der Waals surface area contributed by atoms with Crippen LogP contribution in [-0.2, 0) is 9.53 Å². The third-order valence-electron chi connectivity index (χ3n) is 4.37. The molecular weight excluding hydrogens is 360 g/mol. The number of carbonyl (C=O) groups excluding carboxylic acids is 2. The molecule has 0 bridgehead atoms. The van der Waals surface area contributed by atoms with Gasteiger partial charge in [-0.1, -0.05) is 30.3 Å². The van der Waals surface area contributed by atoms with E-state index in [2.05, 4.69) is 10.6 Å². The van der Waals surface area contributed by atoms with Gasteiger partial charge in [-0.2, -0.15) is 0 Å². The fourth-order valence-electron chi connectivity index (χ4n) is 2.89. The summed E-state index contributed by atoms with van der Waals surface area (Å²) >= 11 is 1.48. The lowest BCUT2D eigenvalue weighted by Crippen LogP contribution is -2.32. The number of thioether (sulfide) groups is 1. The number of para-hydroxylation sites is 1. The van der Waals surface area contributed by atoms with Gasteiger partial charge in [0.25, 0.3) is 5.91 Å². The molecule has 0 radical (unpaired) electrons. The topological polar surface area (TPSA) is 67.4 Å². The van der Waals surface area contributed by atoms with Crippen LogP contribution in [0, 0.1) is 0 Å². The fourth-order valence-corrected chi connectivity index (χ4v) is 3.78. The van der Waals surface area contributed by atoms with Crippen LogP contribution in [0.3, 0.4) is 0 Å². The van der Waals surface area contributed by atoms with Crippen LogP contribution in [0.4, 0.5) is 5.69 Å². The largest absolute Gasteiger partial charge is 0.376 e.